The molecule has 0 saturated carbocycles. The van der Waals surface area contributed by atoms with Crippen LogP contribution in [-0.2, 0) is 6.54 Å². The number of ether oxygens (including phenoxy) is 1. The van der Waals surface area contributed by atoms with E-state index in [0.717, 1.165) is 24.7 Å². The zero-order valence-corrected chi connectivity index (χ0v) is 9.84. The standard InChI is InChI=1S/C12H16N4O/c1-2-17-11-4-3-5-14-12(11)15-7-9-16-8-6-13-10-16/h3-6,8,10H,2,7,9H2,1H3,(H,14,15). The highest BCUT2D eigenvalue weighted by molar-refractivity contribution is 5.49. The molecule has 0 fully saturated rings. The highest BCUT2D eigenvalue weighted by Gasteiger charge is 2.02. The van der Waals surface area contributed by atoms with Gasteiger partial charge in [-0.05, 0) is 19.1 Å². The lowest BCUT2D eigenvalue weighted by Crippen LogP contribution is -2.11. The summed E-state index contributed by atoms with van der Waals surface area (Å²) in [6, 6.07) is 3.78. The molecular formula is C12H16N4O. The maximum Gasteiger partial charge on any atom is 0.168 e. The monoisotopic (exact) mass is 232 g/mol. The smallest absolute Gasteiger partial charge is 0.168 e. The molecule has 0 aliphatic carbocycles. The molecule has 0 aliphatic rings. The van der Waals surface area contributed by atoms with Crippen LogP contribution < -0.4 is 10.1 Å². The van der Waals surface area contributed by atoms with E-state index in [2.05, 4.69) is 15.3 Å². The molecule has 0 saturated heterocycles. The maximum atomic E-state index is 5.48. The number of imidazole rings is 1. The first-order valence-corrected chi connectivity index (χ1v) is 5.67. The Morgan fingerprint density at radius 3 is 3.12 bits per heavy atom. The van der Waals surface area contributed by atoms with Crippen molar-refractivity contribution < 1.29 is 4.74 Å². The second kappa shape index (κ2) is 5.89. The first-order chi connectivity index (χ1) is 8.40. The summed E-state index contributed by atoms with van der Waals surface area (Å²) < 4.78 is 7.49. The third-order valence-corrected chi connectivity index (χ3v) is 2.29. The van der Waals surface area contributed by atoms with Gasteiger partial charge in [-0.2, -0.15) is 0 Å². The second-order valence-corrected chi connectivity index (χ2v) is 3.51. The first kappa shape index (κ1) is 11.4. The molecule has 0 radical (unpaired) electrons. The molecule has 2 aromatic heterocycles. The van der Waals surface area contributed by atoms with Crippen LogP contribution >= 0.6 is 0 Å². The summed E-state index contributed by atoms with van der Waals surface area (Å²) in [6.07, 6.45) is 7.25. The molecule has 0 aliphatic heterocycles. The molecule has 17 heavy (non-hydrogen) atoms. The van der Waals surface area contributed by atoms with Crippen LogP contribution in [0.3, 0.4) is 0 Å². The van der Waals surface area contributed by atoms with Crippen molar-refractivity contribution in [2.75, 3.05) is 18.5 Å². The van der Waals surface area contributed by atoms with Gasteiger partial charge in [-0.25, -0.2) is 9.97 Å². The van der Waals surface area contributed by atoms with Crippen LogP contribution in [-0.4, -0.2) is 27.7 Å². The van der Waals surface area contributed by atoms with Crippen LogP contribution in [0, 0.1) is 0 Å². The molecule has 5 nitrogen and oxygen atoms in total. The van der Waals surface area contributed by atoms with E-state index in [1.165, 1.54) is 0 Å². The molecule has 0 unspecified atom stereocenters. The van der Waals surface area contributed by atoms with Crippen LogP contribution in [0.25, 0.3) is 0 Å². The van der Waals surface area contributed by atoms with Crippen molar-refractivity contribution in [2.24, 2.45) is 0 Å². The predicted molar refractivity (Wildman–Crippen MR) is 66.1 cm³/mol. The lowest BCUT2D eigenvalue weighted by molar-refractivity contribution is 0.340. The summed E-state index contributed by atoms with van der Waals surface area (Å²) in [7, 11) is 0. The molecule has 2 aromatic rings. The molecule has 0 spiro atoms. The van der Waals surface area contributed by atoms with Crippen molar-refractivity contribution >= 4 is 5.82 Å². The van der Waals surface area contributed by atoms with Gasteiger partial charge < -0.3 is 14.6 Å². The van der Waals surface area contributed by atoms with Gasteiger partial charge >= 0.3 is 0 Å². The number of nitrogens with zero attached hydrogens (tertiary/aromatic N) is 3. The molecule has 0 amide bonds. The summed E-state index contributed by atoms with van der Waals surface area (Å²) >= 11 is 0. The summed E-state index contributed by atoms with van der Waals surface area (Å²) in [5, 5.41) is 3.25. The fourth-order valence-electron chi connectivity index (χ4n) is 1.52. The van der Waals surface area contributed by atoms with Gasteiger partial charge in [0.05, 0.1) is 12.9 Å². The van der Waals surface area contributed by atoms with Gasteiger partial charge in [0.1, 0.15) is 0 Å². The number of anilines is 1. The topological polar surface area (TPSA) is 52.0 Å². The van der Waals surface area contributed by atoms with Crippen molar-refractivity contribution in [1.82, 2.24) is 14.5 Å². The third kappa shape index (κ3) is 3.21. The van der Waals surface area contributed by atoms with Gasteiger partial charge in [-0.15, -0.1) is 0 Å². The zero-order valence-electron chi connectivity index (χ0n) is 9.84. The summed E-state index contributed by atoms with van der Waals surface area (Å²) in [5.41, 5.74) is 0. The number of pyridine rings is 1. The first-order valence-electron chi connectivity index (χ1n) is 5.67. The molecule has 0 atom stereocenters. The molecule has 90 valence electrons. The van der Waals surface area contributed by atoms with E-state index < -0.39 is 0 Å². The Balaban J connectivity index is 1.89. The van der Waals surface area contributed by atoms with E-state index in [9.17, 15) is 0 Å². The molecule has 0 aromatic carbocycles. The minimum atomic E-state index is 0.641. The van der Waals surface area contributed by atoms with Crippen LogP contribution in [0.2, 0.25) is 0 Å². The highest BCUT2D eigenvalue weighted by atomic mass is 16.5. The molecule has 2 heterocycles. The highest BCUT2D eigenvalue weighted by Crippen LogP contribution is 2.20. The number of hydrogen-bond acceptors (Lipinski definition) is 4. The fourth-order valence-corrected chi connectivity index (χ4v) is 1.52. The SMILES string of the molecule is CCOc1cccnc1NCCn1ccnc1. The van der Waals surface area contributed by atoms with Crippen molar-refractivity contribution in [1.29, 1.82) is 0 Å². The van der Waals surface area contributed by atoms with E-state index in [0.29, 0.717) is 6.61 Å². The number of hydrogen-bond donors (Lipinski definition) is 1. The van der Waals surface area contributed by atoms with Crippen LogP contribution in [0.1, 0.15) is 6.92 Å². The Morgan fingerprint density at radius 2 is 2.35 bits per heavy atom. The predicted octanol–water partition coefficient (Wildman–Crippen LogP) is 1.79. The summed E-state index contributed by atoms with van der Waals surface area (Å²) in [4.78, 5) is 8.24. The third-order valence-electron chi connectivity index (χ3n) is 2.29. The van der Waals surface area contributed by atoms with Gasteiger partial charge in [0.2, 0.25) is 0 Å². The maximum absolute atomic E-state index is 5.48. The molecule has 5 heteroatoms. The number of nitrogens with one attached hydrogen (secondary N) is 1. The van der Waals surface area contributed by atoms with Gasteiger partial charge in [0.15, 0.2) is 11.6 Å². The lowest BCUT2D eigenvalue weighted by atomic mass is 10.4. The second-order valence-electron chi connectivity index (χ2n) is 3.51. The van der Waals surface area contributed by atoms with E-state index >= 15 is 0 Å². The van der Waals surface area contributed by atoms with Crippen LogP contribution in [0.4, 0.5) is 5.82 Å². The van der Waals surface area contributed by atoms with E-state index in [1.807, 2.05) is 29.8 Å². The van der Waals surface area contributed by atoms with Crippen LogP contribution in [0.5, 0.6) is 5.75 Å². The Morgan fingerprint density at radius 1 is 1.41 bits per heavy atom. The minimum absolute atomic E-state index is 0.641. The van der Waals surface area contributed by atoms with Crippen molar-refractivity contribution in [3.05, 3.63) is 37.1 Å². The molecular weight excluding hydrogens is 216 g/mol. The molecule has 1 N–H and O–H groups in total. The lowest BCUT2D eigenvalue weighted by Gasteiger charge is -2.10. The van der Waals surface area contributed by atoms with Crippen LogP contribution in [0.15, 0.2) is 37.1 Å². The van der Waals surface area contributed by atoms with Crippen molar-refractivity contribution in [3.8, 4) is 5.75 Å². The van der Waals surface area contributed by atoms with Crippen molar-refractivity contribution in [2.45, 2.75) is 13.5 Å². The average Bonchev–Trinajstić information content (AvgIpc) is 2.85. The Hall–Kier alpha value is -2.04. The summed E-state index contributed by atoms with van der Waals surface area (Å²) in [6.45, 7) is 4.24. The Labute approximate surface area is 100 Å². The van der Waals surface area contributed by atoms with Gasteiger partial charge in [0, 0.05) is 31.7 Å². The van der Waals surface area contributed by atoms with E-state index in [-0.39, 0.29) is 0 Å². The van der Waals surface area contributed by atoms with E-state index in [1.54, 1.807) is 18.7 Å². The Bertz CT molecular complexity index is 442. The van der Waals surface area contributed by atoms with E-state index in [4.69, 9.17) is 4.74 Å². The van der Waals surface area contributed by atoms with Gasteiger partial charge in [-0.3, -0.25) is 0 Å². The summed E-state index contributed by atoms with van der Waals surface area (Å²) in [5.74, 6) is 1.58. The molecule has 0 bridgehead atoms. The normalized spacial score (nSPS) is 10.2. The van der Waals surface area contributed by atoms with Gasteiger partial charge in [-0.1, -0.05) is 0 Å². The fraction of sp³-hybridized carbons (Fsp3) is 0.333. The zero-order chi connectivity index (χ0) is 11.9. The number of rotatable bonds is 6. The average molecular weight is 232 g/mol. The number of aromatic nitrogens is 3. The van der Waals surface area contributed by atoms with Gasteiger partial charge in [0.25, 0.3) is 0 Å². The van der Waals surface area contributed by atoms with Crippen molar-refractivity contribution in [3.63, 3.8) is 0 Å². The largest absolute Gasteiger partial charge is 0.490 e. The minimum Gasteiger partial charge on any atom is -0.490 e. The quantitative estimate of drug-likeness (QED) is 0.825. The Kier molecular flexibility index (Phi) is 3.96. The molecule has 2 rings (SSSR count).